The van der Waals surface area contributed by atoms with Gasteiger partial charge in [0.25, 0.3) is 5.91 Å². The number of fused-ring (bicyclic) bond motifs is 1. The number of nitrogens with zero attached hydrogens (tertiary/aromatic N) is 7. The van der Waals surface area contributed by atoms with Gasteiger partial charge in [-0.25, -0.2) is 0 Å². The minimum absolute atomic E-state index is 0.00970. The summed E-state index contributed by atoms with van der Waals surface area (Å²) in [5, 5.41) is 13.0. The molecule has 0 N–H and O–H groups in total. The number of piperidine rings is 1. The van der Waals surface area contributed by atoms with Gasteiger partial charge in [0.05, 0.1) is 15.6 Å². The lowest BCUT2D eigenvalue weighted by Crippen LogP contribution is -2.53. The van der Waals surface area contributed by atoms with E-state index >= 15 is 0 Å². The molecule has 2 fully saturated rings. The van der Waals surface area contributed by atoms with Gasteiger partial charge in [0.2, 0.25) is 5.91 Å². The summed E-state index contributed by atoms with van der Waals surface area (Å²) in [6.07, 6.45) is 3.13. The van der Waals surface area contributed by atoms with Crippen molar-refractivity contribution in [3.8, 4) is 0 Å². The van der Waals surface area contributed by atoms with Crippen LogP contribution in [-0.2, 0) is 4.79 Å². The second kappa shape index (κ2) is 9.15. The van der Waals surface area contributed by atoms with Gasteiger partial charge in [-0.05, 0) is 37.1 Å². The van der Waals surface area contributed by atoms with Crippen LogP contribution in [0.25, 0.3) is 5.65 Å². The lowest BCUT2D eigenvalue weighted by molar-refractivity contribution is -0.137. The van der Waals surface area contributed by atoms with Crippen LogP contribution in [0.1, 0.15) is 23.2 Å². The molecule has 0 radical (unpaired) electrons. The van der Waals surface area contributed by atoms with Gasteiger partial charge in [0.1, 0.15) is 12.1 Å². The molecule has 172 valence electrons. The SMILES string of the molecule is O=C(c1cccc(Cl)c1Cl)N1CCN(C(=O)C2CCN(c3ccc4nncn4n3)CC2)CC1. The van der Waals surface area contributed by atoms with E-state index in [1.807, 2.05) is 17.0 Å². The van der Waals surface area contributed by atoms with E-state index in [4.69, 9.17) is 23.2 Å². The molecule has 2 aliphatic rings. The number of piperazine rings is 1. The predicted molar refractivity (Wildman–Crippen MR) is 125 cm³/mol. The fraction of sp³-hybridized carbons (Fsp3) is 0.409. The van der Waals surface area contributed by atoms with Crippen molar-refractivity contribution in [1.82, 2.24) is 29.6 Å². The number of carbonyl (C=O) groups excluding carboxylic acids is 2. The topological polar surface area (TPSA) is 86.9 Å². The monoisotopic (exact) mass is 487 g/mol. The zero-order chi connectivity index (χ0) is 22.9. The van der Waals surface area contributed by atoms with E-state index < -0.39 is 0 Å². The summed E-state index contributed by atoms with van der Waals surface area (Å²) in [7, 11) is 0. The quantitative estimate of drug-likeness (QED) is 0.564. The Morgan fingerprint density at radius 3 is 2.39 bits per heavy atom. The number of hydrogen-bond donors (Lipinski definition) is 0. The van der Waals surface area contributed by atoms with Gasteiger partial charge >= 0.3 is 0 Å². The van der Waals surface area contributed by atoms with Gasteiger partial charge in [-0.3, -0.25) is 9.59 Å². The Kier molecular flexibility index (Phi) is 6.07. The number of halogens is 2. The van der Waals surface area contributed by atoms with Gasteiger partial charge in [-0.1, -0.05) is 29.3 Å². The molecule has 0 saturated carbocycles. The van der Waals surface area contributed by atoms with Crippen LogP contribution in [-0.4, -0.2) is 80.7 Å². The average molecular weight is 488 g/mol. The van der Waals surface area contributed by atoms with Gasteiger partial charge < -0.3 is 14.7 Å². The van der Waals surface area contributed by atoms with Crippen molar-refractivity contribution in [3.05, 3.63) is 52.3 Å². The molecule has 2 aromatic heterocycles. The van der Waals surface area contributed by atoms with Crippen molar-refractivity contribution >= 4 is 46.5 Å². The number of aromatic nitrogens is 4. The van der Waals surface area contributed by atoms with Gasteiger partial charge in [-0.2, -0.15) is 4.52 Å². The summed E-state index contributed by atoms with van der Waals surface area (Å²) in [5.41, 5.74) is 1.11. The van der Waals surface area contributed by atoms with Crippen molar-refractivity contribution in [2.45, 2.75) is 12.8 Å². The summed E-state index contributed by atoms with van der Waals surface area (Å²) in [5.74, 6) is 0.870. The van der Waals surface area contributed by atoms with Crippen molar-refractivity contribution in [1.29, 1.82) is 0 Å². The summed E-state index contributed by atoms with van der Waals surface area (Å²) in [6, 6.07) is 8.88. The molecule has 2 aliphatic heterocycles. The number of benzene rings is 1. The normalized spacial score (nSPS) is 17.6. The highest BCUT2D eigenvalue weighted by Gasteiger charge is 2.32. The van der Waals surface area contributed by atoms with E-state index in [0.29, 0.717) is 42.4 Å². The van der Waals surface area contributed by atoms with Crippen LogP contribution in [0.3, 0.4) is 0 Å². The molecule has 4 heterocycles. The lowest BCUT2D eigenvalue weighted by Gasteiger charge is -2.38. The van der Waals surface area contributed by atoms with Crippen LogP contribution >= 0.6 is 23.2 Å². The molecule has 9 nitrogen and oxygen atoms in total. The number of hydrogen-bond acceptors (Lipinski definition) is 6. The molecule has 5 rings (SSSR count). The Morgan fingerprint density at radius 2 is 1.64 bits per heavy atom. The second-order valence-corrected chi connectivity index (χ2v) is 9.09. The van der Waals surface area contributed by atoms with Crippen LogP contribution < -0.4 is 4.90 Å². The maximum atomic E-state index is 13.1. The van der Waals surface area contributed by atoms with Crippen molar-refractivity contribution in [2.75, 3.05) is 44.2 Å². The van der Waals surface area contributed by atoms with E-state index in [2.05, 4.69) is 20.2 Å². The summed E-state index contributed by atoms with van der Waals surface area (Å²) >= 11 is 12.3. The molecule has 0 unspecified atom stereocenters. The largest absolute Gasteiger partial charge is 0.355 e. The smallest absolute Gasteiger partial charge is 0.255 e. The molecule has 0 spiro atoms. The first-order chi connectivity index (χ1) is 16.0. The van der Waals surface area contributed by atoms with Crippen LogP contribution in [0, 0.1) is 5.92 Å². The zero-order valence-electron chi connectivity index (χ0n) is 17.9. The van der Waals surface area contributed by atoms with Crippen molar-refractivity contribution < 1.29 is 9.59 Å². The second-order valence-electron chi connectivity index (χ2n) is 8.31. The van der Waals surface area contributed by atoms with Crippen molar-refractivity contribution in [3.63, 3.8) is 0 Å². The first-order valence-corrected chi connectivity index (χ1v) is 11.7. The maximum Gasteiger partial charge on any atom is 0.255 e. The number of anilines is 1. The standard InChI is InChI=1S/C22H23Cl2N7O2/c23-17-3-1-2-16(20(17)24)22(33)30-12-10-29(11-13-30)21(32)15-6-8-28(9-7-15)19-5-4-18-26-25-14-31(18)27-19/h1-5,14-15H,6-13H2. The molecular formula is C22H23Cl2N7O2. The lowest BCUT2D eigenvalue weighted by atomic mass is 9.95. The van der Waals surface area contributed by atoms with Crippen LogP contribution in [0.15, 0.2) is 36.7 Å². The summed E-state index contributed by atoms with van der Waals surface area (Å²) < 4.78 is 1.66. The maximum absolute atomic E-state index is 13.1. The number of carbonyl (C=O) groups is 2. The van der Waals surface area contributed by atoms with Crippen LogP contribution in [0.4, 0.5) is 5.82 Å². The molecule has 0 atom stereocenters. The Balaban J connectivity index is 1.15. The summed E-state index contributed by atoms with van der Waals surface area (Å²) in [4.78, 5) is 31.8. The van der Waals surface area contributed by atoms with E-state index in [1.54, 1.807) is 33.9 Å². The Bertz CT molecular complexity index is 1180. The molecule has 3 aromatic rings. The fourth-order valence-electron chi connectivity index (χ4n) is 4.47. The minimum atomic E-state index is -0.152. The van der Waals surface area contributed by atoms with Crippen LogP contribution in [0.2, 0.25) is 10.0 Å². The van der Waals surface area contributed by atoms with Gasteiger partial charge in [0, 0.05) is 45.2 Å². The zero-order valence-corrected chi connectivity index (χ0v) is 19.4. The number of amides is 2. The highest BCUT2D eigenvalue weighted by atomic mass is 35.5. The first kappa shape index (κ1) is 21.9. The molecule has 2 saturated heterocycles. The van der Waals surface area contributed by atoms with E-state index in [-0.39, 0.29) is 22.8 Å². The highest BCUT2D eigenvalue weighted by molar-refractivity contribution is 6.43. The van der Waals surface area contributed by atoms with Gasteiger partial charge in [0.15, 0.2) is 5.65 Å². The van der Waals surface area contributed by atoms with E-state index in [9.17, 15) is 9.59 Å². The minimum Gasteiger partial charge on any atom is -0.355 e. The summed E-state index contributed by atoms with van der Waals surface area (Å²) in [6.45, 7) is 3.54. The molecule has 0 bridgehead atoms. The number of rotatable bonds is 3. The van der Waals surface area contributed by atoms with E-state index in [1.165, 1.54) is 0 Å². The molecule has 33 heavy (non-hydrogen) atoms. The molecule has 11 heteroatoms. The Morgan fingerprint density at radius 1 is 0.909 bits per heavy atom. The van der Waals surface area contributed by atoms with Crippen LogP contribution in [0.5, 0.6) is 0 Å². The van der Waals surface area contributed by atoms with Crippen molar-refractivity contribution in [2.24, 2.45) is 5.92 Å². The van der Waals surface area contributed by atoms with E-state index in [0.717, 1.165) is 31.7 Å². The average Bonchev–Trinajstić information content (AvgIpc) is 3.33. The van der Waals surface area contributed by atoms with Gasteiger partial charge in [-0.15, -0.1) is 15.3 Å². The predicted octanol–water partition coefficient (Wildman–Crippen LogP) is 2.63. The molecule has 0 aliphatic carbocycles. The Hall–Kier alpha value is -2.91. The Labute approximate surface area is 200 Å². The molecule has 1 aromatic carbocycles. The third-order valence-corrected chi connectivity index (χ3v) is 7.20. The third kappa shape index (κ3) is 4.35. The molecular weight excluding hydrogens is 465 g/mol. The molecule has 2 amide bonds. The fourth-order valence-corrected chi connectivity index (χ4v) is 4.85. The first-order valence-electron chi connectivity index (χ1n) is 11.0. The third-order valence-electron chi connectivity index (χ3n) is 6.38. The highest BCUT2D eigenvalue weighted by Crippen LogP contribution is 2.27.